The zero-order chi connectivity index (χ0) is 15.3. The third-order valence-electron chi connectivity index (χ3n) is 3.50. The number of aromatic nitrogens is 2. The molecule has 1 saturated heterocycles. The fourth-order valence-electron chi connectivity index (χ4n) is 2.49. The Morgan fingerprint density at radius 3 is 2.67 bits per heavy atom. The van der Waals surface area contributed by atoms with Gasteiger partial charge in [-0.1, -0.05) is 23.2 Å². The van der Waals surface area contributed by atoms with Crippen molar-refractivity contribution in [1.29, 1.82) is 0 Å². The number of nitrogens with zero attached hydrogens (tertiary/aromatic N) is 1. The van der Waals surface area contributed by atoms with Crippen LogP contribution in [-0.2, 0) is 4.74 Å². The van der Waals surface area contributed by atoms with E-state index < -0.39 is 31.0 Å². The molecule has 0 amide bonds. The molecule has 6 nitrogen and oxygen atoms in total. The smallest absolute Gasteiger partial charge is 0.175 e. The summed E-state index contributed by atoms with van der Waals surface area (Å²) in [5.74, 6) is 0. The minimum Gasteiger partial charge on any atom is -0.394 e. The minimum atomic E-state index is -1.24. The monoisotopic (exact) mass is 396 g/mol. The zero-order valence-electron chi connectivity index (χ0n) is 10.4. The van der Waals surface area contributed by atoms with Crippen molar-refractivity contribution in [3.63, 3.8) is 0 Å². The lowest BCUT2D eigenvalue weighted by Crippen LogP contribution is -2.32. The molecule has 0 unspecified atom stereocenters. The van der Waals surface area contributed by atoms with Gasteiger partial charge in [-0.05, 0) is 22.0 Å². The van der Waals surface area contributed by atoms with Gasteiger partial charge in [0.05, 0.1) is 27.7 Å². The van der Waals surface area contributed by atoms with Gasteiger partial charge in [0.2, 0.25) is 0 Å². The summed E-state index contributed by atoms with van der Waals surface area (Å²) in [4.78, 5) is 7.21. The van der Waals surface area contributed by atoms with E-state index in [2.05, 4.69) is 25.9 Å². The van der Waals surface area contributed by atoms with Crippen molar-refractivity contribution in [3.8, 4) is 0 Å². The maximum atomic E-state index is 10.2. The number of nitrogens with one attached hydrogen (secondary N) is 1. The number of halogens is 3. The number of H-pyrrole nitrogens is 1. The number of benzene rings is 1. The molecule has 3 rings (SSSR count). The first-order chi connectivity index (χ1) is 9.93. The molecule has 4 atom stereocenters. The Balaban J connectivity index is 2.18. The third-order valence-corrected chi connectivity index (χ3v) is 4.68. The maximum Gasteiger partial charge on any atom is 0.175 e. The largest absolute Gasteiger partial charge is 0.394 e. The van der Waals surface area contributed by atoms with Gasteiger partial charge in [0.15, 0.2) is 4.73 Å². The molecular formula is C12H11BrCl2N2O4. The second-order valence-corrected chi connectivity index (χ2v) is 6.31. The molecule has 9 heteroatoms. The van der Waals surface area contributed by atoms with E-state index in [1.807, 2.05) is 0 Å². The molecule has 0 aliphatic carbocycles. The number of fused-ring (bicyclic) bond motifs is 1. The van der Waals surface area contributed by atoms with Crippen LogP contribution in [0.2, 0.25) is 10.0 Å². The highest BCUT2D eigenvalue weighted by molar-refractivity contribution is 9.10. The molecule has 1 aromatic carbocycles. The fourth-order valence-corrected chi connectivity index (χ4v) is 3.34. The highest BCUT2D eigenvalue weighted by Crippen LogP contribution is 2.43. The first kappa shape index (κ1) is 15.5. The van der Waals surface area contributed by atoms with E-state index in [-0.39, 0.29) is 10.0 Å². The van der Waals surface area contributed by atoms with E-state index in [0.29, 0.717) is 21.3 Å². The van der Waals surface area contributed by atoms with Crippen molar-refractivity contribution < 1.29 is 20.1 Å². The summed E-state index contributed by atoms with van der Waals surface area (Å²) >= 11 is 15.5. The average molecular weight is 398 g/mol. The average Bonchev–Trinajstić information content (AvgIpc) is 2.93. The summed E-state index contributed by atoms with van der Waals surface area (Å²) in [5.41, 5.74) is 1.47. The molecule has 0 bridgehead atoms. The van der Waals surface area contributed by atoms with Crippen molar-refractivity contribution in [2.45, 2.75) is 24.4 Å². The van der Waals surface area contributed by atoms with E-state index in [9.17, 15) is 15.3 Å². The van der Waals surface area contributed by atoms with E-state index in [1.54, 1.807) is 6.07 Å². The van der Waals surface area contributed by atoms with Crippen molar-refractivity contribution in [2.75, 3.05) is 6.61 Å². The van der Waals surface area contributed by atoms with Gasteiger partial charge in [-0.3, -0.25) is 0 Å². The van der Waals surface area contributed by atoms with Gasteiger partial charge in [0.25, 0.3) is 0 Å². The Kier molecular flexibility index (Phi) is 4.17. The number of aliphatic hydroxyl groups excluding tert-OH is 3. The maximum absolute atomic E-state index is 10.2. The summed E-state index contributed by atoms with van der Waals surface area (Å²) in [6.45, 7) is -0.416. The van der Waals surface area contributed by atoms with E-state index in [1.165, 1.54) is 0 Å². The van der Waals surface area contributed by atoms with Crippen LogP contribution in [0.3, 0.4) is 0 Å². The van der Waals surface area contributed by atoms with Crippen LogP contribution in [0.4, 0.5) is 0 Å². The van der Waals surface area contributed by atoms with Crippen LogP contribution in [0.1, 0.15) is 11.7 Å². The quantitative estimate of drug-likeness (QED) is 0.619. The van der Waals surface area contributed by atoms with Gasteiger partial charge in [0.1, 0.15) is 24.4 Å². The predicted molar refractivity (Wildman–Crippen MR) is 80.5 cm³/mol. The second kappa shape index (κ2) is 5.66. The molecule has 2 heterocycles. The lowest BCUT2D eigenvalue weighted by Gasteiger charge is -2.17. The van der Waals surface area contributed by atoms with Crippen LogP contribution in [0.25, 0.3) is 11.0 Å². The molecule has 1 aromatic heterocycles. The number of aliphatic hydroxyl groups is 3. The van der Waals surface area contributed by atoms with Gasteiger partial charge >= 0.3 is 0 Å². The van der Waals surface area contributed by atoms with Gasteiger partial charge in [-0.2, -0.15) is 0 Å². The lowest BCUT2D eigenvalue weighted by molar-refractivity contribution is -0.0223. The Hall–Kier alpha value is -0.410. The number of ether oxygens (including phenoxy) is 1. The van der Waals surface area contributed by atoms with E-state index in [4.69, 9.17) is 27.9 Å². The molecule has 0 spiro atoms. The lowest BCUT2D eigenvalue weighted by atomic mass is 10.00. The van der Waals surface area contributed by atoms with Crippen LogP contribution < -0.4 is 0 Å². The SMILES string of the molecule is OC[C@H]1O[C@@H](c2c(Cl)c(Cl)cc3[nH]c(Br)nc23)[C@H](O)[C@@H]1O. The van der Waals surface area contributed by atoms with Crippen molar-refractivity contribution in [2.24, 2.45) is 0 Å². The second-order valence-electron chi connectivity index (χ2n) is 4.77. The Bertz CT molecular complexity index is 695. The van der Waals surface area contributed by atoms with Gasteiger partial charge < -0.3 is 25.0 Å². The first-order valence-corrected chi connectivity index (χ1v) is 7.64. The summed E-state index contributed by atoms with van der Waals surface area (Å²) in [6, 6.07) is 1.61. The van der Waals surface area contributed by atoms with Crippen LogP contribution in [0.5, 0.6) is 0 Å². The molecule has 1 aliphatic heterocycles. The molecule has 114 valence electrons. The molecule has 1 aliphatic rings. The molecule has 0 radical (unpaired) electrons. The number of imidazole rings is 1. The number of aromatic amines is 1. The fraction of sp³-hybridized carbons (Fsp3) is 0.417. The number of rotatable bonds is 2. The van der Waals surface area contributed by atoms with Gasteiger partial charge in [0, 0.05) is 5.56 Å². The minimum absolute atomic E-state index is 0.193. The van der Waals surface area contributed by atoms with Crippen molar-refractivity contribution in [1.82, 2.24) is 9.97 Å². The van der Waals surface area contributed by atoms with E-state index >= 15 is 0 Å². The number of hydrogen-bond acceptors (Lipinski definition) is 5. The Labute approximate surface area is 137 Å². The summed E-state index contributed by atoms with van der Waals surface area (Å²) in [6.07, 6.45) is -4.28. The van der Waals surface area contributed by atoms with E-state index in [0.717, 1.165) is 0 Å². The molecule has 4 N–H and O–H groups in total. The van der Waals surface area contributed by atoms with Gasteiger partial charge in [-0.25, -0.2) is 4.98 Å². The third kappa shape index (κ3) is 2.46. The van der Waals surface area contributed by atoms with Crippen molar-refractivity contribution in [3.05, 3.63) is 26.4 Å². The standard InChI is InChI=1S/C12H11BrCl2N2O4/c13-12-16-4-1-3(14)7(15)6(8(4)17-12)11-10(20)9(19)5(2-18)21-11/h1,5,9-11,18-20H,2H2,(H,16,17)/t5-,9-,10-,11+/m1/s1. The van der Waals surface area contributed by atoms with Crippen molar-refractivity contribution >= 4 is 50.2 Å². The van der Waals surface area contributed by atoms with Crippen LogP contribution in [0.15, 0.2) is 10.8 Å². The molecule has 0 saturated carbocycles. The molecule has 21 heavy (non-hydrogen) atoms. The predicted octanol–water partition coefficient (Wildman–Crippen LogP) is 1.79. The number of hydrogen-bond donors (Lipinski definition) is 4. The highest BCUT2D eigenvalue weighted by Gasteiger charge is 2.45. The Morgan fingerprint density at radius 1 is 1.33 bits per heavy atom. The molecule has 2 aromatic rings. The van der Waals surface area contributed by atoms with Crippen LogP contribution in [0, 0.1) is 0 Å². The molecule has 1 fully saturated rings. The normalized spacial score (nSPS) is 29.4. The Morgan fingerprint density at radius 2 is 2.05 bits per heavy atom. The summed E-state index contributed by atoms with van der Waals surface area (Å²) in [7, 11) is 0. The topological polar surface area (TPSA) is 98.6 Å². The first-order valence-electron chi connectivity index (χ1n) is 6.09. The highest BCUT2D eigenvalue weighted by atomic mass is 79.9. The van der Waals surface area contributed by atoms with Crippen LogP contribution >= 0.6 is 39.1 Å². The molecular weight excluding hydrogens is 387 g/mol. The van der Waals surface area contributed by atoms with Gasteiger partial charge in [-0.15, -0.1) is 0 Å². The zero-order valence-corrected chi connectivity index (χ0v) is 13.5. The summed E-state index contributed by atoms with van der Waals surface area (Å²) < 4.78 is 5.99. The van der Waals surface area contributed by atoms with Crippen LogP contribution in [-0.4, -0.2) is 50.2 Å². The summed E-state index contributed by atoms with van der Waals surface area (Å²) in [5, 5.41) is 29.7.